The molecule has 1 saturated heterocycles. The first-order chi connectivity index (χ1) is 8.66. The van der Waals surface area contributed by atoms with E-state index in [-0.39, 0.29) is 12.0 Å². The van der Waals surface area contributed by atoms with Crippen molar-refractivity contribution in [2.75, 3.05) is 6.61 Å². The summed E-state index contributed by atoms with van der Waals surface area (Å²) in [5.74, 6) is -1.05. The summed E-state index contributed by atoms with van der Waals surface area (Å²) < 4.78 is 5.54. The van der Waals surface area contributed by atoms with Crippen molar-refractivity contribution < 1.29 is 14.6 Å². The maximum Gasteiger partial charge on any atom is 0.306 e. The van der Waals surface area contributed by atoms with Crippen LogP contribution in [-0.2, 0) is 16.0 Å². The molecule has 98 valence electrons. The molecular weight excluding hydrogens is 228 g/mol. The van der Waals surface area contributed by atoms with Gasteiger partial charge in [-0.2, -0.15) is 0 Å². The number of aryl methyl sites for hydroxylation is 1. The average Bonchev–Trinajstić information content (AvgIpc) is 2.83. The predicted molar refractivity (Wildman–Crippen MR) is 69.6 cm³/mol. The third kappa shape index (κ3) is 3.33. The van der Waals surface area contributed by atoms with E-state index in [1.54, 1.807) is 0 Å². The molecule has 1 fully saturated rings. The van der Waals surface area contributed by atoms with Crippen LogP contribution < -0.4 is 0 Å². The number of aliphatic carboxylic acids is 1. The maximum atomic E-state index is 11.3. The monoisotopic (exact) mass is 248 g/mol. The zero-order valence-electron chi connectivity index (χ0n) is 10.8. The van der Waals surface area contributed by atoms with Gasteiger partial charge in [0.2, 0.25) is 0 Å². The topological polar surface area (TPSA) is 46.5 Å². The fraction of sp³-hybridized carbons (Fsp3) is 0.533. The third-order valence-electron chi connectivity index (χ3n) is 3.65. The van der Waals surface area contributed by atoms with Gasteiger partial charge in [-0.15, -0.1) is 0 Å². The maximum absolute atomic E-state index is 11.3. The van der Waals surface area contributed by atoms with Crippen molar-refractivity contribution in [1.82, 2.24) is 0 Å². The van der Waals surface area contributed by atoms with Crippen LogP contribution in [0.5, 0.6) is 0 Å². The van der Waals surface area contributed by atoms with Gasteiger partial charge in [-0.25, -0.2) is 0 Å². The predicted octanol–water partition coefficient (Wildman–Crippen LogP) is 2.81. The zero-order chi connectivity index (χ0) is 13.0. The van der Waals surface area contributed by atoms with E-state index in [1.807, 2.05) is 31.2 Å². The van der Waals surface area contributed by atoms with Crippen molar-refractivity contribution in [1.29, 1.82) is 0 Å². The van der Waals surface area contributed by atoms with Crippen LogP contribution >= 0.6 is 0 Å². The smallest absolute Gasteiger partial charge is 0.306 e. The molecule has 2 atom stereocenters. The van der Waals surface area contributed by atoms with Gasteiger partial charge in [-0.1, -0.05) is 24.3 Å². The number of carboxylic acids is 1. The molecule has 1 aromatic rings. The standard InChI is InChI=1S/C15H20O3/c1-11-5-2-3-6-12(11)9-13(15(16)17)10-14-7-4-8-18-14/h2-3,5-6,13-14H,4,7-10H2,1H3,(H,16,17). The Bertz CT molecular complexity index is 408. The van der Waals surface area contributed by atoms with Crippen LogP contribution in [0.1, 0.15) is 30.4 Å². The van der Waals surface area contributed by atoms with E-state index >= 15 is 0 Å². The Morgan fingerprint density at radius 3 is 2.89 bits per heavy atom. The van der Waals surface area contributed by atoms with Crippen LogP contribution in [0.4, 0.5) is 0 Å². The summed E-state index contributed by atoms with van der Waals surface area (Å²) in [6.45, 7) is 2.81. The lowest BCUT2D eigenvalue weighted by atomic mass is 9.91. The van der Waals surface area contributed by atoms with Crippen molar-refractivity contribution in [2.45, 2.75) is 38.7 Å². The summed E-state index contributed by atoms with van der Waals surface area (Å²) in [5, 5.41) is 9.33. The lowest BCUT2D eigenvalue weighted by Crippen LogP contribution is -2.22. The molecule has 0 spiro atoms. The highest BCUT2D eigenvalue weighted by Crippen LogP contribution is 2.23. The van der Waals surface area contributed by atoms with Gasteiger partial charge in [0, 0.05) is 6.61 Å². The number of benzene rings is 1. The lowest BCUT2D eigenvalue weighted by molar-refractivity contribution is -0.142. The molecular formula is C15H20O3. The SMILES string of the molecule is Cc1ccccc1CC(CC1CCCO1)C(=O)O. The second-order valence-electron chi connectivity index (χ2n) is 5.04. The van der Waals surface area contributed by atoms with Gasteiger partial charge in [0.1, 0.15) is 0 Å². The fourth-order valence-electron chi connectivity index (χ4n) is 2.52. The largest absolute Gasteiger partial charge is 0.481 e. The summed E-state index contributed by atoms with van der Waals surface area (Å²) in [6.07, 6.45) is 3.42. The molecule has 2 rings (SSSR count). The molecule has 0 amide bonds. The van der Waals surface area contributed by atoms with Crippen molar-refractivity contribution >= 4 is 5.97 Å². The zero-order valence-corrected chi connectivity index (χ0v) is 10.8. The summed E-state index contributed by atoms with van der Waals surface area (Å²) in [4.78, 5) is 11.3. The summed E-state index contributed by atoms with van der Waals surface area (Å²) in [5.41, 5.74) is 2.29. The highest BCUT2D eigenvalue weighted by molar-refractivity contribution is 5.70. The van der Waals surface area contributed by atoms with Crippen LogP contribution in [0, 0.1) is 12.8 Å². The molecule has 18 heavy (non-hydrogen) atoms. The Labute approximate surface area is 108 Å². The summed E-state index contributed by atoms with van der Waals surface area (Å²) >= 11 is 0. The van der Waals surface area contributed by atoms with Crippen molar-refractivity contribution in [3.8, 4) is 0 Å². The Balaban J connectivity index is 2.02. The minimum atomic E-state index is -0.714. The highest BCUT2D eigenvalue weighted by atomic mass is 16.5. The first-order valence-electron chi connectivity index (χ1n) is 6.55. The van der Waals surface area contributed by atoms with Crippen molar-refractivity contribution in [3.05, 3.63) is 35.4 Å². The van der Waals surface area contributed by atoms with Crippen LogP contribution in [-0.4, -0.2) is 23.8 Å². The first kappa shape index (κ1) is 13.1. The Morgan fingerprint density at radius 1 is 1.50 bits per heavy atom. The van der Waals surface area contributed by atoms with Gasteiger partial charge in [0.05, 0.1) is 12.0 Å². The number of hydrogen-bond donors (Lipinski definition) is 1. The molecule has 1 aliphatic heterocycles. The van der Waals surface area contributed by atoms with Gasteiger partial charge in [0.15, 0.2) is 0 Å². The van der Waals surface area contributed by atoms with Gasteiger partial charge >= 0.3 is 5.97 Å². The van der Waals surface area contributed by atoms with Crippen LogP contribution in [0.2, 0.25) is 0 Å². The normalized spacial score (nSPS) is 20.8. The third-order valence-corrected chi connectivity index (χ3v) is 3.65. The second-order valence-corrected chi connectivity index (χ2v) is 5.04. The minimum Gasteiger partial charge on any atom is -0.481 e. The average molecular weight is 248 g/mol. The summed E-state index contributed by atoms with van der Waals surface area (Å²) in [6, 6.07) is 7.99. The van der Waals surface area contributed by atoms with Crippen molar-refractivity contribution in [3.63, 3.8) is 0 Å². The van der Waals surface area contributed by atoms with Crippen LogP contribution in [0.25, 0.3) is 0 Å². The van der Waals surface area contributed by atoms with E-state index in [1.165, 1.54) is 0 Å². The van der Waals surface area contributed by atoms with Gasteiger partial charge in [0.25, 0.3) is 0 Å². The number of carboxylic acid groups (broad SMARTS) is 1. The molecule has 2 unspecified atom stereocenters. The fourth-order valence-corrected chi connectivity index (χ4v) is 2.52. The highest BCUT2D eigenvalue weighted by Gasteiger charge is 2.25. The Morgan fingerprint density at radius 2 is 2.28 bits per heavy atom. The summed E-state index contributed by atoms with van der Waals surface area (Å²) in [7, 11) is 0. The van der Waals surface area contributed by atoms with Crippen molar-refractivity contribution in [2.24, 2.45) is 5.92 Å². The van der Waals surface area contributed by atoms with Gasteiger partial charge in [-0.3, -0.25) is 4.79 Å². The van der Waals surface area contributed by atoms with E-state index in [0.29, 0.717) is 12.8 Å². The number of carbonyl (C=O) groups is 1. The van der Waals surface area contributed by atoms with E-state index in [2.05, 4.69) is 0 Å². The Hall–Kier alpha value is -1.35. The molecule has 3 nitrogen and oxygen atoms in total. The molecule has 1 heterocycles. The lowest BCUT2D eigenvalue weighted by Gasteiger charge is -2.17. The molecule has 3 heteroatoms. The molecule has 0 radical (unpaired) electrons. The van der Waals surface area contributed by atoms with E-state index in [0.717, 1.165) is 30.6 Å². The molecule has 0 saturated carbocycles. The van der Waals surface area contributed by atoms with Crippen LogP contribution in [0.3, 0.4) is 0 Å². The second kappa shape index (κ2) is 6.01. The molecule has 0 bridgehead atoms. The minimum absolute atomic E-state index is 0.134. The van der Waals surface area contributed by atoms with Gasteiger partial charge in [-0.05, 0) is 43.7 Å². The van der Waals surface area contributed by atoms with E-state index in [9.17, 15) is 9.90 Å². The molecule has 1 N–H and O–H groups in total. The van der Waals surface area contributed by atoms with E-state index < -0.39 is 5.97 Å². The molecule has 0 aromatic heterocycles. The van der Waals surface area contributed by atoms with Gasteiger partial charge < -0.3 is 9.84 Å². The molecule has 1 aromatic carbocycles. The number of rotatable bonds is 5. The Kier molecular flexibility index (Phi) is 4.37. The molecule has 0 aliphatic carbocycles. The molecule has 1 aliphatic rings. The van der Waals surface area contributed by atoms with Crippen LogP contribution in [0.15, 0.2) is 24.3 Å². The van der Waals surface area contributed by atoms with E-state index in [4.69, 9.17) is 4.74 Å². The number of hydrogen-bond acceptors (Lipinski definition) is 2. The first-order valence-corrected chi connectivity index (χ1v) is 6.55. The number of ether oxygens (including phenoxy) is 1. The quantitative estimate of drug-likeness (QED) is 0.871.